The van der Waals surface area contributed by atoms with Crippen molar-refractivity contribution in [2.75, 3.05) is 6.54 Å². The number of nitrogens with one attached hydrogen (secondary N) is 1. The highest BCUT2D eigenvalue weighted by Gasteiger charge is 2.09. The topological polar surface area (TPSA) is 59.9 Å². The highest BCUT2D eigenvalue weighted by Crippen LogP contribution is 2.05. The number of aromatic amines is 1. The summed E-state index contributed by atoms with van der Waals surface area (Å²) in [5, 5.41) is 8.09. The maximum Gasteiger partial charge on any atom is 0.278 e. The van der Waals surface area contributed by atoms with Gasteiger partial charge in [0, 0.05) is 18.4 Å². The molecule has 0 bridgehead atoms. The number of nitriles is 1. The summed E-state index contributed by atoms with van der Waals surface area (Å²) in [6, 6.07) is 5.74. The molecule has 1 N–H and O–H groups in total. The standard InChI is InChI=1S/C9H11N3OS/c10-4-2-6-12(9(13)14)7-8-3-1-5-11-8/h1,3,5,11H,2,6-7H2,(H,13,14). The molecule has 1 aromatic heterocycles. The van der Waals surface area contributed by atoms with E-state index in [1.807, 2.05) is 18.2 Å². The monoisotopic (exact) mass is 209 g/mol. The Hall–Kier alpha value is -1.41. The van der Waals surface area contributed by atoms with Gasteiger partial charge in [-0.3, -0.25) is 4.79 Å². The van der Waals surface area contributed by atoms with Crippen molar-refractivity contribution in [1.82, 2.24) is 9.88 Å². The number of hydrogen-bond acceptors (Lipinski definition) is 2. The zero-order valence-corrected chi connectivity index (χ0v) is 8.50. The second kappa shape index (κ2) is 5.35. The zero-order chi connectivity index (χ0) is 10.4. The minimum absolute atomic E-state index is 0.310. The molecule has 0 radical (unpaired) electrons. The van der Waals surface area contributed by atoms with E-state index in [2.05, 4.69) is 17.6 Å². The molecule has 1 heterocycles. The Morgan fingerprint density at radius 2 is 2.50 bits per heavy atom. The number of amides is 1. The molecule has 1 amide bonds. The summed E-state index contributed by atoms with van der Waals surface area (Å²) in [6.45, 7) is 0.884. The number of hydrogen-bond donors (Lipinski definition) is 2. The minimum Gasteiger partial charge on any atom is -0.364 e. The molecule has 0 aromatic carbocycles. The molecular weight excluding hydrogens is 198 g/mol. The Kier molecular flexibility index (Phi) is 4.08. The van der Waals surface area contributed by atoms with E-state index in [9.17, 15) is 4.79 Å². The number of nitrogens with zero attached hydrogens (tertiary/aromatic N) is 2. The maximum absolute atomic E-state index is 11.0. The summed E-state index contributed by atoms with van der Waals surface area (Å²) in [7, 11) is 0. The van der Waals surface area contributed by atoms with E-state index in [4.69, 9.17) is 5.26 Å². The van der Waals surface area contributed by atoms with Crippen molar-refractivity contribution < 1.29 is 4.79 Å². The molecule has 0 spiro atoms. The molecule has 1 aromatic rings. The molecule has 1 rings (SSSR count). The molecule has 14 heavy (non-hydrogen) atoms. The summed E-state index contributed by atoms with van der Waals surface area (Å²) in [4.78, 5) is 15.5. The van der Waals surface area contributed by atoms with Gasteiger partial charge in [0.15, 0.2) is 0 Å². The van der Waals surface area contributed by atoms with Gasteiger partial charge in [0.25, 0.3) is 5.24 Å². The second-order valence-electron chi connectivity index (χ2n) is 2.81. The summed E-state index contributed by atoms with van der Waals surface area (Å²) in [5.74, 6) is 0. The molecule has 0 saturated carbocycles. The van der Waals surface area contributed by atoms with E-state index in [1.54, 1.807) is 6.20 Å². The van der Waals surface area contributed by atoms with Crippen LogP contribution in [-0.2, 0) is 6.54 Å². The highest BCUT2D eigenvalue weighted by molar-refractivity contribution is 7.96. The third-order valence-electron chi connectivity index (χ3n) is 1.79. The van der Waals surface area contributed by atoms with E-state index in [-0.39, 0.29) is 5.24 Å². The fourth-order valence-corrected chi connectivity index (χ4v) is 1.27. The first-order valence-electron chi connectivity index (χ1n) is 4.21. The van der Waals surface area contributed by atoms with Crippen LogP contribution in [0.25, 0.3) is 0 Å². The predicted octanol–water partition coefficient (Wildman–Crippen LogP) is 1.78. The van der Waals surface area contributed by atoms with Gasteiger partial charge in [0.2, 0.25) is 0 Å². The molecule has 5 heteroatoms. The van der Waals surface area contributed by atoms with Crippen molar-refractivity contribution >= 4 is 17.9 Å². The van der Waals surface area contributed by atoms with E-state index in [0.717, 1.165) is 5.69 Å². The lowest BCUT2D eigenvalue weighted by Gasteiger charge is -2.17. The lowest BCUT2D eigenvalue weighted by molar-refractivity contribution is 0.222. The summed E-state index contributed by atoms with van der Waals surface area (Å²) >= 11 is 3.74. The number of carbonyl (C=O) groups is 1. The number of aromatic nitrogens is 1. The second-order valence-corrected chi connectivity index (χ2v) is 3.19. The van der Waals surface area contributed by atoms with Gasteiger partial charge in [0.1, 0.15) is 0 Å². The largest absolute Gasteiger partial charge is 0.364 e. The van der Waals surface area contributed by atoms with Crippen molar-refractivity contribution in [3.05, 3.63) is 24.0 Å². The van der Waals surface area contributed by atoms with Crippen molar-refractivity contribution in [1.29, 1.82) is 5.26 Å². The average molecular weight is 209 g/mol. The predicted molar refractivity (Wildman–Crippen MR) is 55.8 cm³/mol. The lowest BCUT2D eigenvalue weighted by atomic mass is 10.3. The SMILES string of the molecule is N#CCCN(Cc1ccc[nH]1)C(=O)S. The third-order valence-corrected chi connectivity index (χ3v) is 2.07. The van der Waals surface area contributed by atoms with Crippen molar-refractivity contribution in [3.63, 3.8) is 0 Å². The molecule has 0 fully saturated rings. The fraction of sp³-hybridized carbons (Fsp3) is 0.333. The van der Waals surface area contributed by atoms with Crippen LogP contribution in [0.1, 0.15) is 12.1 Å². The molecular formula is C9H11N3OS. The maximum atomic E-state index is 11.0. The van der Waals surface area contributed by atoms with Gasteiger partial charge in [-0.15, -0.1) is 0 Å². The first-order chi connectivity index (χ1) is 6.74. The van der Waals surface area contributed by atoms with Crippen LogP contribution in [-0.4, -0.2) is 21.7 Å². The quantitative estimate of drug-likeness (QED) is 0.742. The van der Waals surface area contributed by atoms with Gasteiger partial charge >= 0.3 is 0 Å². The van der Waals surface area contributed by atoms with Gasteiger partial charge in [-0.1, -0.05) is 12.6 Å². The molecule has 0 aliphatic rings. The lowest BCUT2D eigenvalue weighted by Crippen LogP contribution is -2.26. The number of carbonyl (C=O) groups excluding carboxylic acids is 1. The van der Waals surface area contributed by atoms with E-state index >= 15 is 0 Å². The van der Waals surface area contributed by atoms with Crippen molar-refractivity contribution in [2.24, 2.45) is 0 Å². The van der Waals surface area contributed by atoms with Crippen molar-refractivity contribution in [2.45, 2.75) is 13.0 Å². The smallest absolute Gasteiger partial charge is 0.278 e. The van der Waals surface area contributed by atoms with E-state index < -0.39 is 0 Å². The summed E-state index contributed by atoms with van der Waals surface area (Å²) in [6.07, 6.45) is 2.12. The first-order valence-corrected chi connectivity index (χ1v) is 4.66. The third kappa shape index (κ3) is 3.15. The molecule has 0 unspecified atom stereocenters. The Morgan fingerprint density at radius 1 is 1.71 bits per heavy atom. The molecule has 0 atom stereocenters. The summed E-state index contributed by atoms with van der Waals surface area (Å²) < 4.78 is 0. The Balaban J connectivity index is 2.52. The van der Waals surface area contributed by atoms with Crippen LogP contribution in [0.2, 0.25) is 0 Å². The van der Waals surface area contributed by atoms with E-state index in [0.29, 0.717) is 19.5 Å². The number of rotatable bonds is 4. The van der Waals surface area contributed by atoms with Gasteiger partial charge in [-0.2, -0.15) is 5.26 Å². The Labute approximate surface area is 87.9 Å². The number of H-pyrrole nitrogens is 1. The van der Waals surface area contributed by atoms with Crippen LogP contribution in [0.3, 0.4) is 0 Å². The Morgan fingerprint density at radius 3 is 3.00 bits per heavy atom. The van der Waals surface area contributed by atoms with Gasteiger partial charge in [-0.05, 0) is 12.1 Å². The van der Waals surface area contributed by atoms with Gasteiger partial charge in [0.05, 0.1) is 19.0 Å². The van der Waals surface area contributed by atoms with E-state index in [1.165, 1.54) is 4.90 Å². The minimum atomic E-state index is -0.310. The van der Waals surface area contributed by atoms with Crippen LogP contribution < -0.4 is 0 Å². The normalized spacial score (nSPS) is 9.43. The van der Waals surface area contributed by atoms with Gasteiger partial charge in [-0.25, -0.2) is 0 Å². The number of thiol groups is 1. The van der Waals surface area contributed by atoms with Gasteiger partial charge < -0.3 is 9.88 Å². The van der Waals surface area contributed by atoms with Crippen LogP contribution in [0.5, 0.6) is 0 Å². The average Bonchev–Trinajstić information content (AvgIpc) is 2.64. The molecule has 4 nitrogen and oxygen atoms in total. The summed E-state index contributed by atoms with van der Waals surface area (Å²) in [5.41, 5.74) is 0.935. The Bertz CT molecular complexity index is 328. The zero-order valence-electron chi connectivity index (χ0n) is 7.60. The molecule has 0 aliphatic heterocycles. The molecule has 74 valence electrons. The van der Waals surface area contributed by atoms with Crippen LogP contribution in [0, 0.1) is 11.3 Å². The highest BCUT2D eigenvalue weighted by atomic mass is 32.1. The van der Waals surface area contributed by atoms with Crippen LogP contribution in [0.15, 0.2) is 18.3 Å². The fourth-order valence-electron chi connectivity index (χ4n) is 1.10. The molecule has 0 aliphatic carbocycles. The van der Waals surface area contributed by atoms with Crippen LogP contribution >= 0.6 is 12.6 Å². The molecule has 0 saturated heterocycles. The van der Waals surface area contributed by atoms with Crippen LogP contribution in [0.4, 0.5) is 4.79 Å². The van der Waals surface area contributed by atoms with Crippen molar-refractivity contribution in [3.8, 4) is 6.07 Å². The first kappa shape index (κ1) is 10.7.